The molecule has 0 amide bonds. The summed E-state index contributed by atoms with van der Waals surface area (Å²) < 4.78 is 58.9. The van der Waals surface area contributed by atoms with Crippen molar-refractivity contribution in [2.24, 2.45) is 0 Å². The standard InChI is InChI=1S/3C4H10.CHF3O3S.Sn/c3*1-3-4-2;2-1(3,4)8(5,6)7;/h3*3-4H2,1-2H3;(H,5,6,7);/p-1. The van der Waals surface area contributed by atoms with Gasteiger partial charge in [0.15, 0.2) is 10.1 Å². The fraction of sp³-hybridized carbons (Fsp3) is 1.00. The average molecular weight is 442 g/mol. The first-order chi connectivity index (χ1) is 8.99. The van der Waals surface area contributed by atoms with Gasteiger partial charge in [0.25, 0.3) is 0 Å². The number of rotatable bonds is 3. The summed E-state index contributed by atoms with van der Waals surface area (Å²) in [7, 11) is -6.09. The van der Waals surface area contributed by atoms with Gasteiger partial charge in [-0.05, 0) is 0 Å². The fourth-order valence-electron chi connectivity index (χ4n) is 0. The number of hydrogen-bond donors (Lipinski definition) is 0. The van der Waals surface area contributed by atoms with Crippen molar-refractivity contribution in [3.63, 3.8) is 0 Å². The molecule has 8 heteroatoms. The molecule has 0 N–H and O–H groups in total. The Morgan fingerprint density at radius 1 is 0.714 bits per heavy atom. The summed E-state index contributed by atoms with van der Waals surface area (Å²) in [5.41, 5.74) is -5.65. The minimum atomic E-state index is -6.09. The number of hydrogen-bond acceptors (Lipinski definition) is 3. The number of unbranched alkanes of at least 4 members (excludes halogenated alkanes) is 3. The molecule has 0 aromatic rings. The quantitative estimate of drug-likeness (QED) is 0.348. The predicted octanol–water partition coefficient (Wildman–Crippen LogP) is 5.09. The van der Waals surface area contributed by atoms with E-state index in [1.54, 1.807) is 0 Å². The SMILES string of the molecule is CCCC.CCCC.CCCC.O=S(=O)([O-])C(F)(F)F.[Sn]. The summed E-state index contributed by atoms with van der Waals surface area (Å²) in [5, 5.41) is 0. The van der Waals surface area contributed by atoms with Crippen LogP contribution in [0.25, 0.3) is 0 Å². The van der Waals surface area contributed by atoms with Crippen LogP contribution in [0.5, 0.6) is 0 Å². The molecule has 0 aliphatic heterocycles. The molecule has 3 nitrogen and oxygen atoms in total. The van der Waals surface area contributed by atoms with Crippen molar-refractivity contribution in [1.29, 1.82) is 0 Å². The summed E-state index contributed by atoms with van der Waals surface area (Å²) in [6.07, 6.45) is 7.92. The summed E-state index contributed by atoms with van der Waals surface area (Å²) in [6, 6.07) is 0. The van der Waals surface area contributed by atoms with Crippen molar-refractivity contribution < 1.29 is 26.1 Å². The summed E-state index contributed by atoms with van der Waals surface area (Å²) in [4.78, 5) is 0. The molecule has 0 spiro atoms. The molecule has 0 fully saturated rings. The molecule has 4 radical (unpaired) electrons. The van der Waals surface area contributed by atoms with Gasteiger partial charge in [-0.1, -0.05) is 80.1 Å². The monoisotopic (exact) mass is 443 g/mol. The molecular weight excluding hydrogens is 412 g/mol. The van der Waals surface area contributed by atoms with E-state index >= 15 is 0 Å². The topological polar surface area (TPSA) is 57.2 Å². The van der Waals surface area contributed by atoms with Gasteiger partial charge in [-0.2, -0.15) is 13.2 Å². The van der Waals surface area contributed by atoms with Crippen molar-refractivity contribution in [1.82, 2.24) is 0 Å². The van der Waals surface area contributed by atoms with E-state index in [1.807, 2.05) is 0 Å². The van der Waals surface area contributed by atoms with E-state index in [9.17, 15) is 13.2 Å². The van der Waals surface area contributed by atoms with Crippen molar-refractivity contribution in [3.05, 3.63) is 0 Å². The van der Waals surface area contributed by atoms with E-state index < -0.39 is 15.6 Å². The first-order valence-corrected chi connectivity index (χ1v) is 8.42. The predicted molar refractivity (Wildman–Crippen MR) is 83.3 cm³/mol. The molecule has 0 aromatic carbocycles. The van der Waals surface area contributed by atoms with E-state index in [1.165, 1.54) is 38.5 Å². The first-order valence-electron chi connectivity index (χ1n) is 7.01. The molecule has 0 saturated heterocycles. The van der Waals surface area contributed by atoms with Crippen LogP contribution in [0.3, 0.4) is 0 Å². The van der Waals surface area contributed by atoms with Gasteiger partial charge in [-0.15, -0.1) is 0 Å². The van der Waals surface area contributed by atoms with Crippen LogP contribution in [0, 0.1) is 0 Å². The molecule has 0 rings (SSSR count). The summed E-state index contributed by atoms with van der Waals surface area (Å²) >= 11 is 0. The van der Waals surface area contributed by atoms with Crippen molar-refractivity contribution in [2.45, 2.75) is 85.6 Å². The zero-order valence-electron chi connectivity index (χ0n) is 14.0. The van der Waals surface area contributed by atoms with Crippen LogP contribution in [0.2, 0.25) is 0 Å². The van der Waals surface area contributed by atoms with Crippen LogP contribution in [0.4, 0.5) is 13.2 Å². The Morgan fingerprint density at radius 3 is 0.810 bits per heavy atom. The Bertz CT molecular complexity index is 240. The third-order valence-electron chi connectivity index (χ3n) is 1.78. The van der Waals surface area contributed by atoms with Gasteiger partial charge in [-0.25, -0.2) is 8.42 Å². The van der Waals surface area contributed by atoms with Gasteiger partial charge in [0.05, 0.1) is 0 Å². The Balaban J connectivity index is -0.0000000570. The van der Waals surface area contributed by atoms with Crippen LogP contribution in [0.15, 0.2) is 0 Å². The van der Waals surface area contributed by atoms with E-state index in [0.29, 0.717) is 0 Å². The van der Waals surface area contributed by atoms with Gasteiger partial charge in [-0.3, -0.25) is 0 Å². The normalized spacial score (nSPS) is 9.62. The second kappa shape index (κ2) is 22.8. The number of halogens is 3. The Labute approximate surface area is 145 Å². The number of alkyl halides is 3. The molecule has 0 aromatic heterocycles. The van der Waals surface area contributed by atoms with Gasteiger partial charge >= 0.3 is 5.51 Å². The van der Waals surface area contributed by atoms with Crippen molar-refractivity contribution >= 4 is 34.0 Å². The second-order valence-electron chi connectivity index (χ2n) is 3.90. The van der Waals surface area contributed by atoms with Crippen LogP contribution in [0.1, 0.15) is 80.1 Å². The van der Waals surface area contributed by atoms with E-state index in [4.69, 9.17) is 13.0 Å². The maximum Gasteiger partial charge on any atom is 0.485 e. The van der Waals surface area contributed by atoms with Gasteiger partial charge in [0, 0.05) is 23.9 Å². The van der Waals surface area contributed by atoms with Gasteiger partial charge in [0.1, 0.15) is 0 Å². The Kier molecular flexibility index (Phi) is 36.0. The molecule has 0 aliphatic carbocycles. The molecule has 0 unspecified atom stereocenters. The van der Waals surface area contributed by atoms with Gasteiger partial charge < -0.3 is 4.55 Å². The molecular formula is C13H30F3O3SSn-. The van der Waals surface area contributed by atoms with Crippen molar-refractivity contribution in [3.8, 4) is 0 Å². The zero-order chi connectivity index (χ0) is 17.2. The molecule has 0 saturated carbocycles. The molecule has 0 bridgehead atoms. The molecule has 0 aliphatic rings. The largest absolute Gasteiger partial charge is 0.741 e. The Morgan fingerprint density at radius 2 is 0.810 bits per heavy atom. The van der Waals surface area contributed by atoms with Crippen LogP contribution in [-0.2, 0) is 10.1 Å². The van der Waals surface area contributed by atoms with Crippen LogP contribution in [-0.4, -0.2) is 42.4 Å². The van der Waals surface area contributed by atoms with Crippen molar-refractivity contribution in [2.75, 3.05) is 0 Å². The van der Waals surface area contributed by atoms with Crippen LogP contribution < -0.4 is 0 Å². The zero-order valence-corrected chi connectivity index (χ0v) is 17.7. The van der Waals surface area contributed by atoms with Crippen LogP contribution >= 0.6 is 0 Å². The smallest absolute Gasteiger partial charge is 0.485 e. The molecule has 0 heterocycles. The molecule has 132 valence electrons. The van der Waals surface area contributed by atoms with E-state index in [0.717, 1.165) is 0 Å². The summed E-state index contributed by atoms with van der Waals surface area (Å²) in [6.45, 7) is 13.1. The average Bonchev–Trinajstić information content (AvgIpc) is 2.37. The molecule has 0 atom stereocenters. The third kappa shape index (κ3) is 44.9. The fourth-order valence-corrected chi connectivity index (χ4v) is 0. The van der Waals surface area contributed by atoms with E-state index in [2.05, 4.69) is 41.5 Å². The molecule has 21 heavy (non-hydrogen) atoms. The first kappa shape index (κ1) is 33.2. The van der Waals surface area contributed by atoms with E-state index in [-0.39, 0.29) is 23.9 Å². The third-order valence-corrected chi connectivity index (χ3v) is 2.35. The summed E-state index contributed by atoms with van der Waals surface area (Å²) in [5.74, 6) is 0. The Hall–Kier alpha value is 0.499. The maximum absolute atomic E-state index is 10.7. The van der Waals surface area contributed by atoms with Gasteiger partial charge in [0.2, 0.25) is 0 Å². The minimum absolute atomic E-state index is 0. The maximum atomic E-state index is 10.7. The second-order valence-corrected chi connectivity index (χ2v) is 5.27. The minimum Gasteiger partial charge on any atom is -0.741 e.